The predicted molar refractivity (Wildman–Crippen MR) is 96.7 cm³/mol. The van der Waals surface area contributed by atoms with Gasteiger partial charge in [0, 0.05) is 29.7 Å². The number of hydrogen-bond donors (Lipinski definition) is 1. The van der Waals surface area contributed by atoms with Gasteiger partial charge in [0.05, 0.1) is 5.92 Å². The molecule has 1 aliphatic heterocycles. The van der Waals surface area contributed by atoms with Gasteiger partial charge < -0.3 is 5.32 Å². The van der Waals surface area contributed by atoms with Crippen molar-refractivity contribution in [2.45, 2.75) is 39.4 Å². The third-order valence-electron chi connectivity index (χ3n) is 4.29. The van der Waals surface area contributed by atoms with Gasteiger partial charge in [0.15, 0.2) is 5.16 Å². The third-order valence-corrected chi connectivity index (χ3v) is 5.45. The molecule has 2 aromatic rings. The number of nitrogens with one attached hydrogen (secondary N) is 1. The zero-order chi connectivity index (χ0) is 17.4. The molecule has 0 spiro atoms. The number of carbonyl (C=O) groups is 1. The fourth-order valence-electron chi connectivity index (χ4n) is 3.06. The van der Waals surface area contributed by atoms with Crippen LogP contribution in [0.2, 0.25) is 0 Å². The van der Waals surface area contributed by atoms with Crippen LogP contribution >= 0.6 is 11.8 Å². The highest BCUT2D eigenvalue weighted by molar-refractivity contribution is 7.99. The summed E-state index contributed by atoms with van der Waals surface area (Å²) >= 11 is 1.46. The van der Waals surface area contributed by atoms with Crippen LogP contribution in [0.25, 0.3) is 0 Å². The Morgan fingerprint density at radius 1 is 1.21 bits per heavy atom. The van der Waals surface area contributed by atoms with Gasteiger partial charge in [0.1, 0.15) is 0 Å². The number of thioether (sulfide) groups is 1. The number of carbonyl (C=O) groups excluding carboxylic acids is 1. The summed E-state index contributed by atoms with van der Waals surface area (Å²) < 4.78 is 1.61. The Morgan fingerprint density at radius 3 is 2.54 bits per heavy atom. The molecule has 0 saturated heterocycles. The highest BCUT2D eigenvalue weighted by Gasteiger charge is 2.27. The third kappa shape index (κ3) is 3.11. The van der Waals surface area contributed by atoms with E-state index in [2.05, 4.69) is 22.4 Å². The first-order valence-corrected chi connectivity index (χ1v) is 8.93. The fraction of sp³-hybridized carbons (Fsp3) is 0.389. The Kier molecular flexibility index (Phi) is 4.49. The number of anilines is 1. The zero-order valence-corrected chi connectivity index (χ0v) is 15.2. The molecular formula is C18H21N3O2S. The normalized spacial score (nSPS) is 16.6. The van der Waals surface area contributed by atoms with E-state index in [0.717, 1.165) is 16.8 Å². The average Bonchev–Trinajstić information content (AvgIpc) is 2.54. The van der Waals surface area contributed by atoms with Crippen LogP contribution in [-0.2, 0) is 11.3 Å². The van der Waals surface area contributed by atoms with Crippen LogP contribution in [0.15, 0.2) is 28.3 Å². The Balaban J connectivity index is 1.83. The maximum Gasteiger partial charge on any atom is 0.257 e. The number of nitrogens with zero attached hydrogens (tertiary/aromatic N) is 2. The van der Waals surface area contributed by atoms with Crippen LogP contribution in [0.1, 0.15) is 22.3 Å². The van der Waals surface area contributed by atoms with Gasteiger partial charge in [-0.15, -0.1) is 0 Å². The lowest BCUT2D eigenvalue weighted by atomic mass is 10.0. The van der Waals surface area contributed by atoms with Gasteiger partial charge in [-0.1, -0.05) is 29.5 Å². The largest absolute Gasteiger partial charge is 0.325 e. The van der Waals surface area contributed by atoms with Crippen LogP contribution in [0.3, 0.4) is 0 Å². The summed E-state index contributed by atoms with van der Waals surface area (Å²) in [6.07, 6.45) is 1.60. The Morgan fingerprint density at radius 2 is 1.88 bits per heavy atom. The second-order valence-electron chi connectivity index (χ2n) is 6.41. The highest BCUT2D eigenvalue weighted by Crippen LogP contribution is 2.27. The van der Waals surface area contributed by atoms with Crippen LogP contribution in [0.5, 0.6) is 0 Å². The van der Waals surface area contributed by atoms with Gasteiger partial charge in [-0.3, -0.25) is 14.2 Å². The van der Waals surface area contributed by atoms with Crippen LogP contribution in [-0.4, -0.2) is 21.2 Å². The van der Waals surface area contributed by atoms with Crippen LogP contribution < -0.4 is 10.9 Å². The van der Waals surface area contributed by atoms with E-state index in [1.807, 2.05) is 20.8 Å². The number of rotatable bonds is 2. The predicted octanol–water partition coefficient (Wildman–Crippen LogP) is 2.84. The van der Waals surface area contributed by atoms with Crippen molar-refractivity contribution in [2.75, 3.05) is 11.1 Å². The molecule has 3 rings (SSSR count). The first-order chi connectivity index (χ1) is 11.4. The summed E-state index contributed by atoms with van der Waals surface area (Å²) in [6, 6.07) is 4.12. The monoisotopic (exact) mass is 343 g/mol. The molecule has 1 aliphatic rings. The lowest BCUT2D eigenvalue weighted by molar-refractivity contribution is -0.119. The molecule has 0 aliphatic carbocycles. The van der Waals surface area contributed by atoms with E-state index in [9.17, 15) is 9.59 Å². The lowest BCUT2D eigenvalue weighted by Gasteiger charge is -2.25. The summed E-state index contributed by atoms with van der Waals surface area (Å²) in [5, 5.41) is 3.74. The summed E-state index contributed by atoms with van der Waals surface area (Å²) in [6.45, 7) is 8.17. The Labute approximate surface area is 145 Å². The molecular weight excluding hydrogens is 322 g/mol. The zero-order valence-electron chi connectivity index (χ0n) is 14.3. The number of aryl methyl sites for hydroxylation is 4. The van der Waals surface area contributed by atoms with Crippen molar-refractivity contribution < 1.29 is 4.79 Å². The molecule has 1 atom stereocenters. The smallest absolute Gasteiger partial charge is 0.257 e. The highest BCUT2D eigenvalue weighted by atomic mass is 32.2. The molecule has 1 aromatic heterocycles. The molecule has 0 saturated carbocycles. The molecule has 1 unspecified atom stereocenters. The molecule has 0 bridgehead atoms. The molecule has 1 aromatic carbocycles. The van der Waals surface area contributed by atoms with Gasteiger partial charge >= 0.3 is 0 Å². The molecule has 1 N–H and O–H groups in total. The molecule has 126 valence electrons. The number of amides is 1. The van der Waals surface area contributed by atoms with Gasteiger partial charge in [-0.05, 0) is 38.8 Å². The summed E-state index contributed by atoms with van der Waals surface area (Å²) in [5.74, 6) is 0.339. The fourth-order valence-corrected chi connectivity index (χ4v) is 4.11. The average molecular weight is 343 g/mol. The van der Waals surface area contributed by atoms with E-state index in [4.69, 9.17) is 0 Å². The number of benzene rings is 1. The molecule has 6 heteroatoms. The number of hydrogen-bond acceptors (Lipinski definition) is 4. The molecule has 24 heavy (non-hydrogen) atoms. The first-order valence-electron chi connectivity index (χ1n) is 7.94. The van der Waals surface area contributed by atoms with Crippen LogP contribution in [0.4, 0.5) is 5.69 Å². The van der Waals surface area contributed by atoms with Crippen molar-refractivity contribution in [3.05, 3.63) is 50.9 Å². The van der Waals surface area contributed by atoms with Crippen molar-refractivity contribution in [3.8, 4) is 0 Å². The Bertz CT molecular complexity index is 850. The van der Waals surface area contributed by atoms with Gasteiger partial charge in [0.2, 0.25) is 5.91 Å². The van der Waals surface area contributed by atoms with E-state index in [0.29, 0.717) is 23.0 Å². The van der Waals surface area contributed by atoms with E-state index in [1.165, 1.54) is 17.3 Å². The molecule has 0 fully saturated rings. The maximum atomic E-state index is 12.7. The SMILES string of the molecule is Cc1cc(C)c(NC(=O)C2CSc3ncc(C)c(=O)n3C2)c(C)c1. The van der Waals surface area contributed by atoms with E-state index in [1.54, 1.807) is 17.7 Å². The molecule has 2 heterocycles. The quantitative estimate of drug-likeness (QED) is 0.852. The standard InChI is InChI=1S/C18H21N3O2S/c1-10-5-11(2)15(12(3)6-10)20-16(22)14-8-21-17(23)13(4)7-19-18(21)24-9-14/h5-7,14H,8-9H2,1-4H3,(H,20,22). The Hall–Kier alpha value is -2.08. The number of fused-ring (bicyclic) bond motifs is 1. The lowest BCUT2D eigenvalue weighted by Crippen LogP contribution is -2.37. The minimum absolute atomic E-state index is 0.0448. The second kappa shape index (κ2) is 6.43. The van der Waals surface area contributed by atoms with E-state index in [-0.39, 0.29) is 17.4 Å². The summed E-state index contributed by atoms with van der Waals surface area (Å²) in [7, 11) is 0. The van der Waals surface area contributed by atoms with Gasteiger partial charge in [-0.25, -0.2) is 4.98 Å². The van der Waals surface area contributed by atoms with Crippen molar-refractivity contribution in [1.29, 1.82) is 0 Å². The van der Waals surface area contributed by atoms with E-state index >= 15 is 0 Å². The topological polar surface area (TPSA) is 64.0 Å². The van der Waals surface area contributed by atoms with Gasteiger partial charge in [-0.2, -0.15) is 0 Å². The van der Waals surface area contributed by atoms with Crippen molar-refractivity contribution in [2.24, 2.45) is 5.92 Å². The molecule has 5 nitrogen and oxygen atoms in total. The second-order valence-corrected chi connectivity index (χ2v) is 7.40. The van der Waals surface area contributed by atoms with Crippen molar-refractivity contribution >= 4 is 23.4 Å². The number of aromatic nitrogens is 2. The van der Waals surface area contributed by atoms with Crippen LogP contribution in [0, 0.1) is 33.6 Å². The minimum atomic E-state index is -0.246. The minimum Gasteiger partial charge on any atom is -0.325 e. The first kappa shape index (κ1) is 16.8. The van der Waals surface area contributed by atoms with Gasteiger partial charge in [0.25, 0.3) is 5.56 Å². The maximum absolute atomic E-state index is 12.7. The molecule has 0 radical (unpaired) electrons. The van der Waals surface area contributed by atoms with E-state index < -0.39 is 0 Å². The summed E-state index contributed by atoms with van der Waals surface area (Å²) in [4.78, 5) is 29.3. The van der Waals surface area contributed by atoms with Crippen molar-refractivity contribution in [3.63, 3.8) is 0 Å². The summed E-state index contributed by atoms with van der Waals surface area (Å²) in [5.41, 5.74) is 4.70. The molecule has 1 amide bonds. The van der Waals surface area contributed by atoms with Crippen molar-refractivity contribution in [1.82, 2.24) is 9.55 Å².